The molecule has 1 fully saturated rings. The summed E-state index contributed by atoms with van der Waals surface area (Å²) in [6.07, 6.45) is 5.99. The molecule has 1 aromatic rings. The number of nitrogens with one attached hydrogen (secondary N) is 1. The standard InChI is InChI=1S/C15H21N3O3/c19-15(12-17-9-4-2-1-3-5-10-17)16-13-7-6-8-14(11-13)18(20)21/h6-8,11H,1-5,9-10,12H2,(H,16,19). The second-order valence-electron chi connectivity index (χ2n) is 5.40. The second-order valence-corrected chi connectivity index (χ2v) is 5.40. The molecule has 0 aliphatic carbocycles. The Kier molecular flexibility index (Phi) is 5.68. The van der Waals surface area contributed by atoms with Crippen molar-refractivity contribution >= 4 is 17.3 Å². The zero-order chi connectivity index (χ0) is 15.1. The van der Waals surface area contributed by atoms with E-state index in [2.05, 4.69) is 10.2 Å². The number of nitro groups is 1. The summed E-state index contributed by atoms with van der Waals surface area (Å²) in [5.41, 5.74) is 0.459. The quantitative estimate of drug-likeness (QED) is 0.683. The first-order valence-electron chi connectivity index (χ1n) is 7.42. The van der Waals surface area contributed by atoms with Crippen LogP contribution in [0.4, 0.5) is 11.4 Å². The third-order valence-corrected chi connectivity index (χ3v) is 3.66. The maximum Gasteiger partial charge on any atom is 0.271 e. The molecule has 0 aromatic heterocycles. The molecule has 1 aliphatic rings. The van der Waals surface area contributed by atoms with E-state index in [4.69, 9.17) is 0 Å². The van der Waals surface area contributed by atoms with Crippen molar-refractivity contribution in [1.29, 1.82) is 0 Å². The number of benzene rings is 1. The summed E-state index contributed by atoms with van der Waals surface area (Å²) in [5.74, 6) is -0.115. The SMILES string of the molecule is O=C(CN1CCCCCCC1)Nc1cccc([N+](=O)[O-])c1. The minimum Gasteiger partial charge on any atom is -0.325 e. The average molecular weight is 291 g/mol. The molecule has 21 heavy (non-hydrogen) atoms. The van der Waals surface area contributed by atoms with Gasteiger partial charge in [0.2, 0.25) is 5.91 Å². The van der Waals surface area contributed by atoms with Gasteiger partial charge in [-0.05, 0) is 32.0 Å². The van der Waals surface area contributed by atoms with E-state index in [1.54, 1.807) is 12.1 Å². The molecule has 0 unspecified atom stereocenters. The van der Waals surface area contributed by atoms with Crippen molar-refractivity contribution in [2.24, 2.45) is 0 Å². The van der Waals surface area contributed by atoms with Crippen LogP contribution in [0, 0.1) is 10.1 Å². The lowest BCUT2D eigenvalue weighted by Crippen LogP contribution is -2.35. The summed E-state index contributed by atoms with van der Waals surface area (Å²) < 4.78 is 0. The van der Waals surface area contributed by atoms with E-state index in [0.717, 1.165) is 25.9 Å². The van der Waals surface area contributed by atoms with E-state index in [1.165, 1.54) is 31.4 Å². The number of hydrogen-bond donors (Lipinski definition) is 1. The molecule has 6 heteroatoms. The van der Waals surface area contributed by atoms with Gasteiger partial charge in [0.25, 0.3) is 5.69 Å². The topological polar surface area (TPSA) is 75.5 Å². The molecule has 1 N–H and O–H groups in total. The van der Waals surface area contributed by atoms with Gasteiger partial charge in [-0.25, -0.2) is 0 Å². The molecule has 0 radical (unpaired) electrons. The highest BCUT2D eigenvalue weighted by Crippen LogP contribution is 2.17. The molecule has 1 amide bonds. The molecule has 0 bridgehead atoms. The lowest BCUT2D eigenvalue weighted by Gasteiger charge is -2.23. The number of hydrogen-bond acceptors (Lipinski definition) is 4. The Balaban J connectivity index is 1.88. The Labute approximate surface area is 124 Å². The van der Waals surface area contributed by atoms with Crippen LogP contribution in [0.25, 0.3) is 0 Å². The van der Waals surface area contributed by atoms with Gasteiger partial charge in [0.15, 0.2) is 0 Å². The third kappa shape index (κ3) is 5.15. The Morgan fingerprint density at radius 1 is 1.19 bits per heavy atom. The number of nitro benzene ring substituents is 1. The fourth-order valence-corrected chi connectivity index (χ4v) is 2.57. The molecule has 2 rings (SSSR count). The fourth-order valence-electron chi connectivity index (χ4n) is 2.57. The van der Waals surface area contributed by atoms with Crippen LogP contribution in [0.15, 0.2) is 24.3 Å². The highest BCUT2D eigenvalue weighted by molar-refractivity contribution is 5.92. The van der Waals surface area contributed by atoms with Crippen molar-refractivity contribution in [1.82, 2.24) is 4.90 Å². The largest absolute Gasteiger partial charge is 0.325 e. The molecule has 1 aliphatic heterocycles. The van der Waals surface area contributed by atoms with Crippen LogP contribution in [-0.4, -0.2) is 35.4 Å². The summed E-state index contributed by atoms with van der Waals surface area (Å²) in [7, 11) is 0. The number of nitrogens with zero attached hydrogens (tertiary/aromatic N) is 2. The van der Waals surface area contributed by atoms with E-state index < -0.39 is 4.92 Å². The first-order chi connectivity index (χ1) is 10.1. The van der Waals surface area contributed by atoms with Crippen LogP contribution in [0.5, 0.6) is 0 Å². The molecule has 1 heterocycles. The second kappa shape index (κ2) is 7.73. The number of carbonyl (C=O) groups excluding carboxylic acids is 1. The smallest absolute Gasteiger partial charge is 0.271 e. The predicted molar refractivity (Wildman–Crippen MR) is 81.3 cm³/mol. The lowest BCUT2D eigenvalue weighted by molar-refractivity contribution is -0.384. The van der Waals surface area contributed by atoms with E-state index >= 15 is 0 Å². The number of amides is 1. The number of non-ortho nitro benzene ring substituents is 1. The molecule has 1 saturated heterocycles. The van der Waals surface area contributed by atoms with Crippen LogP contribution < -0.4 is 5.32 Å². The van der Waals surface area contributed by atoms with E-state index in [9.17, 15) is 14.9 Å². The summed E-state index contributed by atoms with van der Waals surface area (Å²) in [4.78, 5) is 24.4. The van der Waals surface area contributed by atoms with Gasteiger partial charge in [0.1, 0.15) is 0 Å². The maximum atomic E-state index is 12.0. The maximum absolute atomic E-state index is 12.0. The molecular formula is C15H21N3O3. The fraction of sp³-hybridized carbons (Fsp3) is 0.533. The van der Waals surface area contributed by atoms with Gasteiger partial charge in [-0.1, -0.05) is 25.3 Å². The van der Waals surface area contributed by atoms with Crippen LogP contribution in [-0.2, 0) is 4.79 Å². The average Bonchev–Trinajstić information content (AvgIpc) is 2.42. The normalized spacial score (nSPS) is 16.8. The van der Waals surface area contributed by atoms with Crippen molar-refractivity contribution in [3.63, 3.8) is 0 Å². The summed E-state index contributed by atoms with van der Waals surface area (Å²) in [5, 5.41) is 13.4. The van der Waals surface area contributed by atoms with Crippen molar-refractivity contribution in [2.45, 2.75) is 32.1 Å². The zero-order valence-electron chi connectivity index (χ0n) is 12.1. The molecule has 6 nitrogen and oxygen atoms in total. The summed E-state index contributed by atoms with van der Waals surface area (Å²) in [6.45, 7) is 2.24. The van der Waals surface area contributed by atoms with Gasteiger partial charge >= 0.3 is 0 Å². The predicted octanol–water partition coefficient (Wildman–Crippen LogP) is 2.80. The Morgan fingerprint density at radius 3 is 2.52 bits per heavy atom. The van der Waals surface area contributed by atoms with Gasteiger partial charge in [-0.15, -0.1) is 0 Å². The first-order valence-corrected chi connectivity index (χ1v) is 7.42. The van der Waals surface area contributed by atoms with Crippen molar-refractivity contribution in [2.75, 3.05) is 25.0 Å². The van der Waals surface area contributed by atoms with Crippen LogP contribution in [0.1, 0.15) is 32.1 Å². The molecule has 0 atom stereocenters. The molecule has 114 valence electrons. The molecular weight excluding hydrogens is 270 g/mol. The highest BCUT2D eigenvalue weighted by Gasteiger charge is 2.13. The minimum atomic E-state index is -0.464. The van der Waals surface area contributed by atoms with E-state index in [-0.39, 0.29) is 11.6 Å². The van der Waals surface area contributed by atoms with E-state index in [0.29, 0.717) is 12.2 Å². The van der Waals surface area contributed by atoms with E-state index in [1.807, 2.05) is 0 Å². The summed E-state index contributed by atoms with van der Waals surface area (Å²) >= 11 is 0. The van der Waals surface area contributed by atoms with Crippen LogP contribution in [0.3, 0.4) is 0 Å². The number of carbonyl (C=O) groups is 1. The zero-order valence-corrected chi connectivity index (χ0v) is 12.1. The third-order valence-electron chi connectivity index (χ3n) is 3.66. The Hall–Kier alpha value is -1.95. The van der Waals surface area contributed by atoms with Crippen molar-refractivity contribution in [3.05, 3.63) is 34.4 Å². The van der Waals surface area contributed by atoms with Gasteiger partial charge in [0.05, 0.1) is 11.5 Å². The number of rotatable bonds is 4. The van der Waals surface area contributed by atoms with Crippen molar-refractivity contribution in [3.8, 4) is 0 Å². The minimum absolute atomic E-state index is 0.0148. The molecule has 0 spiro atoms. The van der Waals surface area contributed by atoms with Crippen LogP contribution in [0.2, 0.25) is 0 Å². The molecule has 0 saturated carbocycles. The van der Waals surface area contributed by atoms with Gasteiger partial charge in [-0.3, -0.25) is 19.8 Å². The van der Waals surface area contributed by atoms with Crippen LogP contribution >= 0.6 is 0 Å². The lowest BCUT2D eigenvalue weighted by atomic mass is 10.1. The summed E-state index contributed by atoms with van der Waals surface area (Å²) in [6, 6.07) is 6.03. The van der Waals surface area contributed by atoms with Gasteiger partial charge in [-0.2, -0.15) is 0 Å². The number of anilines is 1. The Morgan fingerprint density at radius 2 is 1.86 bits per heavy atom. The van der Waals surface area contributed by atoms with Gasteiger partial charge < -0.3 is 5.32 Å². The number of likely N-dealkylation sites (tertiary alicyclic amines) is 1. The van der Waals surface area contributed by atoms with Gasteiger partial charge in [0, 0.05) is 17.8 Å². The Bertz CT molecular complexity index is 497. The molecule has 1 aromatic carbocycles. The van der Waals surface area contributed by atoms with Crippen molar-refractivity contribution < 1.29 is 9.72 Å². The highest BCUT2D eigenvalue weighted by atomic mass is 16.6. The first kappa shape index (κ1) is 15.4. The monoisotopic (exact) mass is 291 g/mol.